The van der Waals surface area contributed by atoms with E-state index in [0.717, 1.165) is 5.56 Å². The van der Waals surface area contributed by atoms with Crippen LogP contribution in [0.25, 0.3) is 0 Å². The van der Waals surface area contributed by atoms with Gasteiger partial charge in [-0.25, -0.2) is 0 Å². The van der Waals surface area contributed by atoms with E-state index in [1.54, 1.807) is 45.0 Å². The summed E-state index contributed by atoms with van der Waals surface area (Å²) >= 11 is 0. The standard InChI is InChI=1S/C17H20N2O3S/c1-11-6-8-14(9-7-11)23(21,22)18-15-10-16(19(4)5)17(20)13(3)12(15)2/h6-10H,1-5H3/b18-15-. The molecule has 23 heavy (non-hydrogen) atoms. The molecule has 122 valence electrons. The van der Waals surface area contributed by atoms with Crippen molar-refractivity contribution in [2.24, 2.45) is 4.40 Å². The molecule has 0 fully saturated rings. The highest BCUT2D eigenvalue weighted by atomic mass is 32.2. The van der Waals surface area contributed by atoms with Gasteiger partial charge in [-0.2, -0.15) is 12.8 Å². The Balaban J connectivity index is 2.56. The summed E-state index contributed by atoms with van der Waals surface area (Å²) in [6, 6.07) is 6.52. The van der Waals surface area contributed by atoms with Gasteiger partial charge in [-0.1, -0.05) is 17.7 Å². The van der Waals surface area contributed by atoms with Gasteiger partial charge >= 0.3 is 0 Å². The van der Waals surface area contributed by atoms with Crippen molar-refractivity contribution in [3.8, 4) is 0 Å². The van der Waals surface area contributed by atoms with Gasteiger partial charge in [0.25, 0.3) is 10.0 Å². The van der Waals surface area contributed by atoms with Crippen LogP contribution in [0, 0.1) is 6.92 Å². The van der Waals surface area contributed by atoms with E-state index < -0.39 is 10.0 Å². The Morgan fingerprint density at radius 2 is 1.52 bits per heavy atom. The smallest absolute Gasteiger partial charge is 0.282 e. The summed E-state index contributed by atoms with van der Waals surface area (Å²) in [7, 11) is -0.341. The van der Waals surface area contributed by atoms with Crippen LogP contribution in [0.1, 0.15) is 19.4 Å². The molecule has 0 amide bonds. The number of hydrogen-bond donors (Lipinski definition) is 0. The van der Waals surface area contributed by atoms with E-state index in [1.807, 2.05) is 6.92 Å². The Bertz CT molecular complexity index is 842. The molecule has 0 atom stereocenters. The summed E-state index contributed by atoms with van der Waals surface area (Å²) in [6.07, 6.45) is 1.52. The molecule has 1 aromatic carbocycles. The van der Waals surface area contributed by atoms with E-state index >= 15 is 0 Å². The van der Waals surface area contributed by atoms with E-state index in [-0.39, 0.29) is 10.7 Å². The number of benzene rings is 1. The number of hydrogen-bond acceptors (Lipinski definition) is 4. The molecule has 0 heterocycles. The zero-order valence-corrected chi connectivity index (χ0v) is 14.7. The Kier molecular flexibility index (Phi) is 4.56. The third-order valence-corrected chi connectivity index (χ3v) is 5.12. The molecule has 0 bridgehead atoms. The highest BCUT2D eigenvalue weighted by Crippen LogP contribution is 2.23. The predicted octanol–water partition coefficient (Wildman–Crippen LogP) is 2.49. The maximum atomic E-state index is 12.5. The van der Waals surface area contributed by atoms with Crippen LogP contribution in [0.3, 0.4) is 0 Å². The first kappa shape index (κ1) is 17.1. The van der Waals surface area contributed by atoms with Crippen molar-refractivity contribution in [1.29, 1.82) is 0 Å². The van der Waals surface area contributed by atoms with Crippen molar-refractivity contribution >= 4 is 21.5 Å². The normalized spacial score (nSPS) is 17.5. The van der Waals surface area contributed by atoms with Crippen molar-refractivity contribution in [2.75, 3.05) is 14.1 Å². The van der Waals surface area contributed by atoms with Crippen LogP contribution in [0.15, 0.2) is 56.5 Å². The first-order valence-corrected chi connectivity index (χ1v) is 8.60. The van der Waals surface area contributed by atoms with Gasteiger partial charge in [-0.05, 0) is 44.6 Å². The zero-order chi connectivity index (χ0) is 17.4. The molecule has 1 aromatic rings. The SMILES string of the molecule is CC1=C(C)/C(=N\S(=O)(=O)c2ccc(C)cc2)C=C(N(C)C)C1=O. The molecule has 0 aromatic heterocycles. The Morgan fingerprint density at radius 3 is 2.04 bits per heavy atom. The fourth-order valence-electron chi connectivity index (χ4n) is 2.18. The van der Waals surface area contributed by atoms with Gasteiger partial charge in [0.1, 0.15) is 0 Å². The molecule has 0 unspecified atom stereocenters. The third kappa shape index (κ3) is 3.42. The second-order valence-electron chi connectivity index (χ2n) is 5.77. The number of Topliss-reactive ketones (excluding diaryl/α,β-unsaturated/α-hetero) is 1. The van der Waals surface area contributed by atoms with Gasteiger partial charge in [0, 0.05) is 19.7 Å². The van der Waals surface area contributed by atoms with Crippen molar-refractivity contribution in [3.63, 3.8) is 0 Å². The van der Waals surface area contributed by atoms with Gasteiger partial charge in [0.2, 0.25) is 5.78 Å². The largest absolute Gasteiger partial charge is 0.374 e. The average Bonchev–Trinajstić information content (AvgIpc) is 2.48. The number of allylic oxidation sites excluding steroid dienone is 3. The van der Waals surface area contributed by atoms with E-state index in [4.69, 9.17) is 0 Å². The molecule has 0 radical (unpaired) electrons. The first-order valence-electron chi connectivity index (χ1n) is 7.16. The lowest BCUT2D eigenvalue weighted by atomic mass is 9.94. The molecule has 6 heteroatoms. The monoisotopic (exact) mass is 332 g/mol. The predicted molar refractivity (Wildman–Crippen MR) is 91.0 cm³/mol. The number of rotatable bonds is 3. The summed E-state index contributed by atoms with van der Waals surface area (Å²) in [4.78, 5) is 14.0. The molecule has 1 aliphatic carbocycles. The number of carbonyl (C=O) groups excluding carboxylic acids is 1. The molecule has 0 spiro atoms. The lowest BCUT2D eigenvalue weighted by molar-refractivity contribution is -0.113. The maximum Gasteiger partial charge on any atom is 0.282 e. The van der Waals surface area contributed by atoms with E-state index in [2.05, 4.69) is 4.40 Å². The van der Waals surface area contributed by atoms with Crippen LogP contribution in [0.5, 0.6) is 0 Å². The lowest BCUT2D eigenvalue weighted by Crippen LogP contribution is -2.26. The van der Waals surface area contributed by atoms with Gasteiger partial charge in [-0.3, -0.25) is 4.79 Å². The Hall–Kier alpha value is -2.21. The molecule has 0 saturated heterocycles. The number of carbonyl (C=O) groups is 1. The topological polar surface area (TPSA) is 66.8 Å². The fourth-order valence-corrected chi connectivity index (χ4v) is 3.21. The van der Waals surface area contributed by atoms with E-state index in [9.17, 15) is 13.2 Å². The van der Waals surface area contributed by atoms with Crippen LogP contribution in [0.4, 0.5) is 0 Å². The summed E-state index contributed by atoms with van der Waals surface area (Å²) in [5.41, 5.74) is 2.78. The average molecular weight is 332 g/mol. The van der Waals surface area contributed by atoms with Crippen LogP contribution in [0.2, 0.25) is 0 Å². The summed E-state index contributed by atoms with van der Waals surface area (Å²) in [5, 5.41) is 0. The van der Waals surface area contributed by atoms with Crippen molar-refractivity contribution in [1.82, 2.24) is 4.90 Å². The molecule has 1 aliphatic rings. The first-order chi connectivity index (χ1) is 10.6. The van der Waals surface area contributed by atoms with Crippen molar-refractivity contribution in [2.45, 2.75) is 25.7 Å². The van der Waals surface area contributed by atoms with Gasteiger partial charge in [-0.15, -0.1) is 0 Å². The van der Waals surface area contributed by atoms with Crippen LogP contribution < -0.4 is 0 Å². The van der Waals surface area contributed by atoms with Crippen LogP contribution in [-0.2, 0) is 14.8 Å². The number of nitrogens with zero attached hydrogens (tertiary/aromatic N) is 2. The highest BCUT2D eigenvalue weighted by Gasteiger charge is 2.25. The minimum Gasteiger partial charge on any atom is -0.374 e. The number of likely N-dealkylation sites (N-methyl/N-ethyl adjacent to an activating group) is 1. The summed E-state index contributed by atoms with van der Waals surface area (Å²) in [6.45, 7) is 5.28. The molecule has 2 rings (SSSR count). The van der Waals surface area contributed by atoms with E-state index in [1.165, 1.54) is 18.2 Å². The quantitative estimate of drug-likeness (QED) is 0.798. The Labute approximate surface area is 137 Å². The number of ketones is 1. The second-order valence-corrected chi connectivity index (χ2v) is 7.37. The van der Waals surface area contributed by atoms with Crippen LogP contribution in [-0.4, -0.2) is 38.9 Å². The Morgan fingerprint density at radius 1 is 0.957 bits per heavy atom. The highest BCUT2D eigenvalue weighted by molar-refractivity contribution is 7.90. The van der Waals surface area contributed by atoms with Crippen molar-refractivity contribution in [3.05, 3.63) is 52.7 Å². The molecule has 0 saturated carbocycles. The number of sulfonamides is 1. The summed E-state index contributed by atoms with van der Waals surface area (Å²) in [5.74, 6) is -0.112. The fraction of sp³-hybridized carbons (Fsp3) is 0.294. The summed E-state index contributed by atoms with van der Waals surface area (Å²) < 4.78 is 28.9. The van der Waals surface area contributed by atoms with Gasteiger partial charge in [0.05, 0.1) is 16.3 Å². The maximum absolute atomic E-state index is 12.5. The molecular formula is C17H20N2O3S. The molecule has 0 aliphatic heterocycles. The number of aryl methyl sites for hydroxylation is 1. The van der Waals surface area contributed by atoms with Crippen molar-refractivity contribution < 1.29 is 13.2 Å². The van der Waals surface area contributed by atoms with Crippen LogP contribution >= 0.6 is 0 Å². The zero-order valence-electron chi connectivity index (χ0n) is 13.9. The minimum absolute atomic E-state index is 0.112. The minimum atomic E-state index is -3.82. The lowest BCUT2D eigenvalue weighted by Gasteiger charge is -2.22. The van der Waals surface area contributed by atoms with Gasteiger partial charge in [0.15, 0.2) is 0 Å². The third-order valence-electron chi connectivity index (χ3n) is 3.81. The molecule has 5 nitrogen and oxygen atoms in total. The van der Waals surface area contributed by atoms with E-state index in [0.29, 0.717) is 22.6 Å². The molecular weight excluding hydrogens is 312 g/mol. The molecule has 0 N–H and O–H groups in total. The second kappa shape index (κ2) is 6.12. The van der Waals surface area contributed by atoms with Gasteiger partial charge < -0.3 is 4.90 Å².